The minimum absolute atomic E-state index is 0.0674. The van der Waals surface area contributed by atoms with Crippen molar-refractivity contribution >= 4 is 22.6 Å². The largest absolute Gasteiger partial charge is 0.358 e. The van der Waals surface area contributed by atoms with E-state index in [9.17, 15) is 4.79 Å². The molecule has 0 saturated carbocycles. The third kappa shape index (κ3) is 2.08. The van der Waals surface area contributed by atoms with Crippen molar-refractivity contribution in [2.24, 2.45) is 0 Å². The molecule has 4 rings (SSSR count). The van der Waals surface area contributed by atoms with Crippen LogP contribution in [-0.4, -0.2) is 15.5 Å². The molecule has 0 saturated heterocycles. The van der Waals surface area contributed by atoms with Crippen molar-refractivity contribution in [2.75, 3.05) is 5.32 Å². The Morgan fingerprint density at radius 2 is 1.96 bits per heavy atom. The first-order chi connectivity index (χ1) is 11.2. The SMILES string of the molecule is CCn1c([C@H]2NC(=O)c3cccc(C)c3N2)nc2ccccc21. The van der Waals surface area contributed by atoms with E-state index >= 15 is 0 Å². The van der Waals surface area contributed by atoms with E-state index in [-0.39, 0.29) is 12.1 Å². The molecular weight excluding hydrogens is 288 g/mol. The standard InChI is InChI=1S/C18H18N4O/c1-3-22-14-10-5-4-9-13(14)19-17(22)16-20-15-11(2)7-6-8-12(15)18(23)21-16/h4-10,16,20H,3H2,1-2H3,(H,21,23)/t16-/m1/s1. The smallest absolute Gasteiger partial charge is 0.255 e. The van der Waals surface area contributed by atoms with Crippen LogP contribution in [0.3, 0.4) is 0 Å². The highest BCUT2D eigenvalue weighted by atomic mass is 16.2. The van der Waals surface area contributed by atoms with Crippen LogP contribution in [0.15, 0.2) is 42.5 Å². The number of para-hydroxylation sites is 3. The summed E-state index contributed by atoms with van der Waals surface area (Å²) in [6.45, 7) is 4.89. The molecule has 1 atom stereocenters. The van der Waals surface area contributed by atoms with Crippen molar-refractivity contribution in [1.82, 2.24) is 14.9 Å². The normalized spacial score (nSPS) is 16.8. The van der Waals surface area contributed by atoms with Crippen molar-refractivity contribution in [3.63, 3.8) is 0 Å². The van der Waals surface area contributed by atoms with Crippen molar-refractivity contribution in [2.45, 2.75) is 26.6 Å². The molecule has 3 aromatic rings. The number of carbonyl (C=O) groups is 1. The van der Waals surface area contributed by atoms with Crippen molar-refractivity contribution in [1.29, 1.82) is 0 Å². The lowest BCUT2D eigenvalue weighted by Gasteiger charge is -2.28. The molecule has 2 N–H and O–H groups in total. The lowest BCUT2D eigenvalue weighted by atomic mass is 10.0. The maximum absolute atomic E-state index is 12.4. The Hall–Kier alpha value is -2.82. The van der Waals surface area contributed by atoms with Gasteiger partial charge in [-0.25, -0.2) is 4.98 Å². The van der Waals surface area contributed by atoms with Gasteiger partial charge in [0.15, 0.2) is 12.0 Å². The average Bonchev–Trinajstić information content (AvgIpc) is 2.94. The molecule has 5 heteroatoms. The number of carbonyl (C=O) groups excluding carboxylic acids is 1. The van der Waals surface area contributed by atoms with Crippen LogP contribution in [0.5, 0.6) is 0 Å². The molecule has 23 heavy (non-hydrogen) atoms. The number of imidazole rings is 1. The molecule has 1 aliphatic rings. The molecule has 1 aliphatic heterocycles. The van der Waals surface area contributed by atoms with E-state index in [1.165, 1.54) is 0 Å². The maximum Gasteiger partial charge on any atom is 0.255 e. The second kappa shape index (κ2) is 5.12. The van der Waals surface area contributed by atoms with E-state index < -0.39 is 0 Å². The van der Waals surface area contributed by atoms with Crippen LogP contribution < -0.4 is 10.6 Å². The summed E-state index contributed by atoms with van der Waals surface area (Å²) in [6.07, 6.45) is -0.330. The Morgan fingerprint density at radius 1 is 1.13 bits per heavy atom. The van der Waals surface area contributed by atoms with Gasteiger partial charge in [0.05, 0.1) is 22.3 Å². The van der Waals surface area contributed by atoms with Gasteiger partial charge in [0.1, 0.15) is 0 Å². The maximum atomic E-state index is 12.4. The number of aryl methyl sites for hydroxylation is 2. The number of nitrogens with one attached hydrogen (secondary N) is 2. The van der Waals surface area contributed by atoms with Gasteiger partial charge in [-0.2, -0.15) is 0 Å². The van der Waals surface area contributed by atoms with Crippen LogP contribution in [0.4, 0.5) is 5.69 Å². The number of amides is 1. The van der Waals surface area contributed by atoms with Gasteiger partial charge in [-0.15, -0.1) is 0 Å². The molecule has 2 heterocycles. The summed E-state index contributed by atoms with van der Waals surface area (Å²) in [4.78, 5) is 17.2. The van der Waals surface area contributed by atoms with E-state index in [0.29, 0.717) is 5.56 Å². The Labute approximate surface area is 134 Å². The van der Waals surface area contributed by atoms with Crippen LogP contribution >= 0.6 is 0 Å². The Kier molecular flexibility index (Phi) is 3.08. The van der Waals surface area contributed by atoms with E-state index in [2.05, 4.69) is 28.2 Å². The molecule has 0 fully saturated rings. The van der Waals surface area contributed by atoms with Crippen molar-refractivity contribution in [3.8, 4) is 0 Å². The molecule has 0 spiro atoms. The van der Waals surface area contributed by atoms with Gasteiger partial charge < -0.3 is 15.2 Å². The van der Waals surface area contributed by atoms with Crippen molar-refractivity contribution in [3.05, 3.63) is 59.4 Å². The minimum atomic E-state index is -0.330. The highest BCUT2D eigenvalue weighted by Gasteiger charge is 2.29. The van der Waals surface area contributed by atoms with Crippen LogP contribution in [-0.2, 0) is 6.54 Å². The zero-order chi connectivity index (χ0) is 16.0. The molecule has 5 nitrogen and oxygen atoms in total. The number of fused-ring (bicyclic) bond motifs is 2. The van der Waals surface area contributed by atoms with Gasteiger partial charge in [0.25, 0.3) is 5.91 Å². The first-order valence-corrected chi connectivity index (χ1v) is 7.81. The van der Waals surface area contributed by atoms with E-state index in [4.69, 9.17) is 4.98 Å². The summed E-state index contributed by atoms with van der Waals surface area (Å²) in [7, 11) is 0. The minimum Gasteiger partial charge on any atom is -0.358 e. The van der Waals surface area contributed by atoms with Crippen LogP contribution in [0.2, 0.25) is 0 Å². The quantitative estimate of drug-likeness (QED) is 0.764. The molecule has 0 bridgehead atoms. The summed E-state index contributed by atoms with van der Waals surface area (Å²) in [6, 6.07) is 13.8. The summed E-state index contributed by atoms with van der Waals surface area (Å²) in [5.74, 6) is 0.762. The third-order valence-electron chi connectivity index (χ3n) is 4.34. The molecule has 0 aliphatic carbocycles. The number of anilines is 1. The van der Waals surface area contributed by atoms with Gasteiger partial charge in [-0.05, 0) is 37.6 Å². The number of hydrogen-bond acceptors (Lipinski definition) is 3. The number of nitrogens with zero attached hydrogens (tertiary/aromatic N) is 2. The Morgan fingerprint density at radius 3 is 2.78 bits per heavy atom. The Balaban J connectivity index is 1.84. The fourth-order valence-corrected chi connectivity index (χ4v) is 3.21. The number of benzene rings is 2. The van der Waals surface area contributed by atoms with E-state index in [1.54, 1.807) is 0 Å². The first-order valence-electron chi connectivity index (χ1n) is 7.81. The lowest BCUT2D eigenvalue weighted by Crippen LogP contribution is -2.40. The Bertz CT molecular complexity index is 913. The second-order valence-corrected chi connectivity index (χ2v) is 5.75. The molecule has 2 aromatic carbocycles. The van der Waals surface area contributed by atoms with Gasteiger partial charge in [-0.1, -0.05) is 24.3 Å². The van der Waals surface area contributed by atoms with Crippen LogP contribution in [0.1, 0.15) is 34.8 Å². The van der Waals surface area contributed by atoms with Gasteiger partial charge in [0, 0.05) is 6.54 Å². The lowest BCUT2D eigenvalue weighted by molar-refractivity contribution is 0.0933. The second-order valence-electron chi connectivity index (χ2n) is 5.75. The van der Waals surface area contributed by atoms with Crippen LogP contribution in [0.25, 0.3) is 11.0 Å². The average molecular weight is 306 g/mol. The van der Waals surface area contributed by atoms with E-state index in [0.717, 1.165) is 34.7 Å². The number of hydrogen-bond donors (Lipinski definition) is 2. The number of rotatable bonds is 2. The molecule has 0 radical (unpaired) electrons. The topological polar surface area (TPSA) is 59.0 Å². The highest BCUT2D eigenvalue weighted by molar-refractivity contribution is 6.02. The fourth-order valence-electron chi connectivity index (χ4n) is 3.21. The molecule has 1 amide bonds. The van der Waals surface area contributed by atoms with Gasteiger partial charge in [0.2, 0.25) is 0 Å². The summed E-state index contributed by atoms with van der Waals surface area (Å²) < 4.78 is 2.14. The molecule has 1 aromatic heterocycles. The predicted molar refractivity (Wildman–Crippen MR) is 90.4 cm³/mol. The fraction of sp³-hybridized carbons (Fsp3) is 0.222. The van der Waals surface area contributed by atoms with Crippen molar-refractivity contribution < 1.29 is 4.79 Å². The molecule has 116 valence electrons. The first kappa shape index (κ1) is 13.8. The number of aromatic nitrogens is 2. The summed E-state index contributed by atoms with van der Waals surface area (Å²) in [5, 5.41) is 6.45. The van der Waals surface area contributed by atoms with Crippen LogP contribution in [0, 0.1) is 6.92 Å². The van der Waals surface area contributed by atoms with E-state index in [1.807, 2.05) is 43.3 Å². The van der Waals surface area contributed by atoms with Gasteiger partial charge >= 0.3 is 0 Å². The predicted octanol–water partition coefficient (Wildman–Crippen LogP) is 3.22. The zero-order valence-corrected chi connectivity index (χ0v) is 13.1. The summed E-state index contributed by atoms with van der Waals surface area (Å²) >= 11 is 0. The summed E-state index contributed by atoms with van der Waals surface area (Å²) in [5.41, 5.74) is 4.64. The third-order valence-corrected chi connectivity index (χ3v) is 4.34. The zero-order valence-electron chi connectivity index (χ0n) is 13.1. The van der Waals surface area contributed by atoms with Gasteiger partial charge in [-0.3, -0.25) is 4.79 Å². The molecular formula is C18H18N4O. The highest BCUT2D eigenvalue weighted by Crippen LogP contribution is 2.30. The molecule has 0 unspecified atom stereocenters. The monoisotopic (exact) mass is 306 g/mol.